The molecule has 210 valence electrons. The molecule has 1 N–H and O–H groups in total. The van der Waals surface area contributed by atoms with Crippen molar-refractivity contribution in [2.45, 2.75) is 31.7 Å². The van der Waals surface area contributed by atoms with Gasteiger partial charge < -0.3 is 24.1 Å². The van der Waals surface area contributed by atoms with E-state index in [1.54, 1.807) is 20.3 Å². The molecule has 0 atom stereocenters. The lowest BCUT2D eigenvalue weighted by Gasteiger charge is -2.38. The molecule has 9 nitrogen and oxygen atoms in total. The number of anilines is 2. The predicted molar refractivity (Wildman–Crippen MR) is 159 cm³/mol. The molecule has 4 aromatic rings. The second-order valence-corrected chi connectivity index (χ2v) is 11.1. The van der Waals surface area contributed by atoms with Crippen LogP contribution in [0.2, 0.25) is 5.02 Å². The van der Waals surface area contributed by atoms with E-state index in [2.05, 4.69) is 43.4 Å². The third-order valence-corrected chi connectivity index (χ3v) is 8.45. The molecule has 0 spiro atoms. The third kappa shape index (κ3) is 5.81. The average molecular weight is 562 g/mol. The van der Waals surface area contributed by atoms with Gasteiger partial charge in [-0.15, -0.1) is 0 Å². The number of halogens is 1. The van der Waals surface area contributed by atoms with Gasteiger partial charge in [0.15, 0.2) is 0 Å². The standard InChI is InChI=1S/C30H36ClN7O2/c1-39-27-18-28(40-2)25(31)17-24(27)26-20-38-11-8-23(16-29(38)35-26)34-22-6-4-21(5-7-22)19-36-12-14-37(15-13-36)30-32-9-3-10-33-30/h3,8-11,16-18,20-22,34H,4-7,12-15,19H2,1-2H3/t21-,22-. The van der Waals surface area contributed by atoms with Crippen LogP contribution in [0.15, 0.2) is 55.1 Å². The van der Waals surface area contributed by atoms with Crippen molar-refractivity contribution in [1.29, 1.82) is 0 Å². The lowest BCUT2D eigenvalue weighted by Crippen LogP contribution is -2.48. The molecule has 6 rings (SSSR count). The van der Waals surface area contributed by atoms with Crippen LogP contribution in [0, 0.1) is 5.92 Å². The zero-order valence-corrected chi connectivity index (χ0v) is 23.8. The van der Waals surface area contributed by atoms with Crippen LogP contribution in [0.3, 0.4) is 0 Å². The fourth-order valence-electron chi connectivity index (χ4n) is 5.94. The first-order valence-corrected chi connectivity index (χ1v) is 14.4. The second kappa shape index (κ2) is 11.9. The first kappa shape index (κ1) is 26.7. The largest absolute Gasteiger partial charge is 0.496 e. The maximum Gasteiger partial charge on any atom is 0.225 e. The molecule has 1 aliphatic heterocycles. The monoisotopic (exact) mass is 561 g/mol. The number of ether oxygens (including phenoxy) is 2. The summed E-state index contributed by atoms with van der Waals surface area (Å²) >= 11 is 6.40. The van der Waals surface area contributed by atoms with Crippen molar-refractivity contribution in [2.75, 3.05) is 57.2 Å². The molecule has 1 aromatic carbocycles. The molecule has 2 aliphatic rings. The maximum atomic E-state index is 6.40. The number of fused-ring (bicyclic) bond motifs is 1. The Morgan fingerprint density at radius 1 is 0.950 bits per heavy atom. The second-order valence-electron chi connectivity index (χ2n) is 10.7. The molecule has 2 fully saturated rings. The summed E-state index contributed by atoms with van der Waals surface area (Å²) in [5.74, 6) is 2.87. The first-order valence-electron chi connectivity index (χ1n) is 14.0. The summed E-state index contributed by atoms with van der Waals surface area (Å²) in [5.41, 5.74) is 3.62. The molecule has 0 radical (unpaired) electrons. The van der Waals surface area contributed by atoms with Crippen molar-refractivity contribution in [2.24, 2.45) is 5.92 Å². The fraction of sp³-hybridized carbons (Fsp3) is 0.433. The minimum Gasteiger partial charge on any atom is -0.496 e. The van der Waals surface area contributed by atoms with Gasteiger partial charge in [-0.3, -0.25) is 4.90 Å². The number of hydrogen-bond acceptors (Lipinski definition) is 8. The van der Waals surface area contributed by atoms with Crippen molar-refractivity contribution >= 4 is 28.9 Å². The summed E-state index contributed by atoms with van der Waals surface area (Å²) in [6.45, 7) is 5.35. The first-order chi connectivity index (χ1) is 19.6. The van der Waals surface area contributed by atoms with E-state index in [1.165, 1.54) is 32.2 Å². The fourth-order valence-corrected chi connectivity index (χ4v) is 6.18. The predicted octanol–water partition coefficient (Wildman–Crippen LogP) is 5.25. The summed E-state index contributed by atoms with van der Waals surface area (Å²) in [6, 6.07) is 10.2. The molecule has 4 heterocycles. The van der Waals surface area contributed by atoms with Gasteiger partial charge in [0, 0.05) is 86.9 Å². The van der Waals surface area contributed by atoms with Gasteiger partial charge in [0.05, 0.1) is 24.9 Å². The number of pyridine rings is 1. The van der Waals surface area contributed by atoms with Gasteiger partial charge in [0.25, 0.3) is 0 Å². The Morgan fingerprint density at radius 2 is 1.70 bits per heavy atom. The van der Waals surface area contributed by atoms with E-state index in [4.69, 9.17) is 26.1 Å². The van der Waals surface area contributed by atoms with Crippen molar-refractivity contribution in [1.82, 2.24) is 24.3 Å². The molecule has 0 unspecified atom stereocenters. The van der Waals surface area contributed by atoms with Gasteiger partial charge in [-0.1, -0.05) is 11.6 Å². The van der Waals surface area contributed by atoms with Crippen LogP contribution < -0.4 is 19.7 Å². The molecule has 10 heteroatoms. The number of benzene rings is 1. The molecule has 1 saturated heterocycles. The number of piperazine rings is 1. The highest BCUT2D eigenvalue weighted by Crippen LogP contribution is 2.38. The van der Waals surface area contributed by atoms with E-state index < -0.39 is 0 Å². The van der Waals surface area contributed by atoms with Gasteiger partial charge in [-0.05, 0) is 49.8 Å². The Morgan fingerprint density at radius 3 is 2.42 bits per heavy atom. The van der Waals surface area contributed by atoms with Crippen molar-refractivity contribution < 1.29 is 9.47 Å². The van der Waals surface area contributed by atoms with Gasteiger partial charge in [0.1, 0.15) is 17.1 Å². The van der Waals surface area contributed by atoms with E-state index >= 15 is 0 Å². The number of imidazole rings is 1. The molecule has 0 amide bonds. The molecule has 3 aromatic heterocycles. The molecule has 1 aliphatic carbocycles. The lowest BCUT2D eigenvalue weighted by atomic mass is 9.85. The zero-order valence-electron chi connectivity index (χ0n) is 23.1. The van der Waals surface area contributed by atoms with Crippen molar-refractivity contribution in [3.05, 3.63) is 60.1 Å². The topological polar surface area (TPSA) is 80.0 Å². The van der Waals surface area contributed by atoms with Gasteiger partial charge >= 0.3 is 0 Å². The lowest BCUT2D eigenvalue weighted by molar-refractivity contribution is 0.188. The Balaban J connectivity index is 1.03. The van der Waals surface area contributed by atoms with Crippen LogP contribution in [-0.2, 0) is 0 Å². The number of hydrogen-bond donors (Lipinski definition) is 1. The number of aromatic nitrogens is 4. The number of rotatable bonds is 8. The number of methoxy groups -OCH3 is 2. The van der Waals surface area contributed by atoms with E-state index in [1.807, 2.05) is 35.1 Å². The SMILES string of the molecule is COc1cc(OC)c(-c2cn3ccc(N[C@H]4CC[C@H](CN5CCN(c6ncccn6)CC5)CC4)cc3n2)cc1Cl. The smallest absolute Gasteiger partial charge is 0.225 e. The number of nitrogens with one attached hydrogen (secondary N) is 1. The Bertz CT molecular complexity index is 1430. The average Bonchev–Trinajstić information content (AvgIpc) is 3.42. The van der Waals surface area contributed by atoms with Crippen LogP contribution in [0.5, 0.6) is 11.5 Å². The van der Waals surface area contributed by atoms with Crippen molar-refractivity contribution in [3.63, 3.8) is 0 Å². The van der Waals surface area contributed by atoms with Crippen molar-refractivity contribution in [3.8, 4) is 22.8 Å². The van der Waals surface area contributed by atoms with E-state index in [0.717, 1.165) is 60.6 Å². The number of nitrogens with zero attached hydrogens (tertiary/aromatic N) is 6. The summed E-state index contributed by atoms with van der Waals surface area (Å²) in [6.07, 6.45) is 12.6. The summed E-state index contributed by atoms with van der Waals surface area (Å²) in [7, 11) is 3.23. The quantitative estimate of drug-likeness (QED) is 0.312. The van der Waals surface area contributed by atoms with E-state index in [-0.39, 0.29) is 0 Å². The van der Waals surface area contributed by atoms with Crippen LogP contribution in [0.25, 0.3) is 16.9 Å². The minimum absolute atomic E-state index is 0.487. The van der Waals surface area contributed by atoms with Gasteiger partial charge in [0.2, 0.25) is 5.95 Å². The van der Waals surface area contributed by atoms with Gasteiger partial charge in [-0.2, -0.15) is 0 Å². The normalized spacial score (nSPS) is 20.0. The molecular formula is C30H36ClN7O2. The molecular weight excluding hydrogens is 526 g/mol. The molecule has 40 heavy (non-hydrogen) atoms. The zero-order chi connectivity index (χ0) is 27.5. The van der Waals surface area contributed by atoms with E-state index in [0.29, 0.717) is 22.6 Å². The highest BCUT2D eigenvalue weighted by atomic mass is 35.5. The maximum absolute atomic E-state index is 6.40. The van der Waals surface area contributed by atoms with Crippen LogP contribution in [0.4, 0.5) is 11.6 Å². The molecule has 1 saturated carbocycles. The summed E-state index contributed by atoms with van der Waals surface area (Å²) in [5, 5.41) is 4.29. The van der Waals surface area contributed by atoms with Crippen LogP contribution >= 0.6 is 11.6 Å². The Hall–Kier alpha value is -3.56. The minimum atomic E-state index is 0.487. The highest BCUT2D eigenvalue weighted by molar-refractivity contribution is 6.32. The highest BCUT2D eigenvalue weighted by Gasteiger charge is 2.25. The molecule has 0 bridgehead atoms. The third-order valence-electron chi connectivity index (χ3n) is 8.15. The summed E-state index contributed by atoms with van der Waals surface area (Å²) in [4.78, 5) is 18.6. The van der Waals surface area contributed by atoms with Crippen LogP contribution in [-0.4, -0.2) is 77.2 Å². The van der Waals surface area contributed by atoms with Crippen LogP contribution in [0.1, 0.15) is 25.7 Å². The Kier molecular flexibility index (Phi) is 7.93. The van der Waals surface area contributed by atoms with E-state index in [9.17, 15) is 0 Å². The summed E-state index contributed by atoms with van der Waals surface area (Å²) < 4.78 is 12.9. The van der Waals surface area contributed by atoms with Gasteiger partial charge in [-0.25, -0.2) is 15.0 Å². The Labute approximate surface area is 240 Å².